The van der Waals surface area contributed by atoms with E-state index in [9.17, 15) is 9.59 Å². The smallest absolute Gasteiger partial charge is 0.241 e. The van der Waals surface area contributed by atoms with Gasteiger partial charge in [0.15, 0.2) is 5.78 Å². The molecule has 3 rings (SSSR count). The number of carbonyl (C=O) groups is 2. The van der Waals surface area contributed by atoms with Crippen LogP contribution in [0.15, 0.2) is 42.5 Å². The van der Waals surface area contributed by atoms with Crippen LogP contribution >= 0.6 is 0 Å². The Morgan fingerprint density at radius 1 is 1.10 bits per heavy atom. The van der Waals surface area contributed by atoms with E-state index in [0.29, 0.717) is 11.3 Å². The van der Waals surface area contributed by atoms with Gasteiger partial charge in [-0.3, -0.25) is 19.4 Å². The number of Topliss-reactive ketones (excluding diaryl/α,β-unsaturated/α-hetero) is 1. The number of anilines is 1. The Kier molecular flexibility index (Phi) is 7.24. The lowest BCUT2D eigenvalue weighted by Crippen LogP contribution is -2.52. The summed E-state index contributed by atoms with van der Waals surface area (Å²) >= 11 is 0. The Balaban J connectivity index is 1.54. The minimum Gasteiger partial charge on any atom is -0.496 e. The van der Waals surface area contributed by atoms with E-state index in [1.165, 1.54) is 18.1 Å². The second kappa shape index (κ2) is 9.87. The van der Waals surface area contributed by atoms with Crippen molar-refractivity contribution < 1.29 is 14.3 Å². The molecular weight excluding hydrogens is 378 g/mol. The number of aryl methyl sites for hydroxylation is 1. The van der Waals surface area contributed by atoms with Crippen LogP contribution in [-0.2, 0) is 11.3 Å². The van der Waals surface area contributed by atoms with Crippen molar-refractivity contribution in [3.8, 4) is 5.75 Å². The summed E-state index contributed by atoms with van der Waals surface area (Å²) in [5.74, 6) is 0.855. The Hall–Kier alpha value is -2.70. The van der Waals surface area contributed by atoms with Crippen LogP contribution < -0.4 is 10.1 Å². The van der Waals surface area contributed by atoms with E-state index in [0.717, 1.165) is 38.5 Å². The molecule has 0 aromatic heterocycles. The molecule has 1 fully saturated rings. The number of nitrogens with one attached hydrogen (secondary N) is 1. The average molecular weight is 410 g/mol. The van der Waals surface area contributed by atoms with Gasteiger partial charge in [-0.2, -0.15) is 0 Å². The summed E-state index contributed by atoms with van der Waals surface area (Å²) in [5, 5.41) is 2.94. The lowest BCUT2D eigenvalue weighted by Gasteiger charge is -2.37. The van der Waals surface area contributed by atoms with Gasteiger partial charge in [0.25, 0.3) is 0 Å². The monoisotopic (exact) mass is 409 g/mol. The lowest BCUT2D eigenvalue weighted by molar-refractivity contribution is -0.121. The predicted octanol–water partition coefficient (Wildman–Crippen LogP) is 3.35. The molecule has 1 atom stereocenters. The van der Waals surface area contributed by atoms with Gasteiger partial charge in [0.1, 0.15) is 5.75 Å². The first-order valence-electron chi connectivity index (χ1n) is 10.4. The van der Waals surface area contributed by atoms with E-state index in [1.807, 2.05) is 19.1 Å². The molecule has 0 unspecified atom stereocenters. The van der Waals surface area contributed by atoms with E-state index in [-0.39, 0.29) is 17.7 Å². The van der Waals surface area contributed by atoms with Crippen LogP contribution in [0.1, 0.15) is 35.3 Å². The maximum absolute atomic E-state index is 12.7. The van der Waals surface area contributed by atoms with Crippen LogP contribution in [0, 0.1) is 6.92 Å². The zero-order valence-corrected chi connectivity index (χ0v) is 18.3. The number of nitrogens with zero attached hydrogens (tertiary/aromatic N) is 2. The number of ketones is 1. The maximum Gasteiger partial charge on any atom is 0.241 e. The molecular formula is C24H31N3O3. The molecule has 1 saturated heterocycles. The summed E-state index contributed by atoms with van der Waals surface area (Å²) in [7, 11) is 1.71. The molecule has 6 heteroatoms. The van der Waals surface area contributed by atoms with Crippen molar-refractivity contribution in [1.29, 1.82) is 0 Å². The molecule has 1 heterocycles. The Labute approximate surface area is 178 Å². The number of benzene rings is 2. The van der Waals surface area contributed by atoms with E-state index >= 15 is 0 Å². The first-order valence-corrected chi connectivity index (χ1v) is 10.4. The van der Waals surface area contributed by atoms with Crippen molar-refractivity contribution in [3.05, 3.63) is 59.2 Å². The van der Waals surface area contributed by atoms with Crippen LogP contribution in [-0.4, -0.2) is 60.8 Å². The summed E-state index contributed by atoms with van der Waals surface area (Å²) in [4.78, 5) is 28.9. The van der Waals surface area contributed by atoms with Gasteiger partial charge in [-0.25, -0.2) is 0 Å². The summed E-state index contributed by atoms with van der Waals surface area (Å²) < 4.78 is 5.50. The van der Waals surface area contributed by atoms with Crippen LogP contribution in [0.25, 0.3) is 0 Å². The summed E-state index contributed by atoms with van der Waals surface area (Å²) in [6.45, 7) is 9.85. The third-order valence-corrected chi connectivity index (χ3v) is 5.70. The van der Waals surface area contributed by atoms with Crippen molar-refractivity contribution in [2.45, 2.75) is 33.4 Å². The van der Waals surface area contributed by atoms with Crippen LogP contribution in [0.5, 0.6) is 5.75 Å². The standard InChI is InChI=1S/C24H31N3O3/c1-17-8-9-23(30-4)21(14-17)16-26-10-12-27(13-11-26)18(2)24(29)25-22-7-5-6-20(15-22)19(3)28/h5-9,14-15,18H,10-13,16H2,1-4H3,(H,25,29)/t18-/m0/s1. The number of ether oxygens (including phenoxy) is 1. The normalized spacial score (nSPS) is 16.1. The highest BCUT2D eigenvalue weighted by atomic mass is 16.5. The molecule has 6 nitrogen and oxygen atoms in total. The third-order valence-electron chi connectivity index (χ3n) is 5.70. The van der Waals surface area contributed by atoms with Crippen molar-refractivity contribution in [2.24, 2.45) is 0 Å². The number of piperazine rings is 1. The number of carbonyl (C=O) groups excluding carboxylic acids is 2. The molecule has 1 N–H and O–H groups in total. The molecule has 0 saturated carbocycles. The van der Waals surface area contributed by atoms with E-state index in [4.69, 9.17) is 4.74 Å². The highest BCUT2D eigenvalue weighted by Crippen LogP contribution is 2.22. The summed E-state index contributed by atoms with van der Waals surface area (Å²) in [6, 6.07) is 13.1. The van der Waals surface area contributed by atoms with Crippen molar-refractivity contribution >= 4 is 17.4 Å². The van der Waals surface area contributed by atoms with Gasteiger partial charge < -0.3 is 10.1 Å². The van der Waals surface area contributed by atoms with Crippen molar-refractivity contribution in [1.82, 2.24) is 9.80 Å². The molecule has 1 aliphatic heterocycles. The highest BCUT2D eigenvalue weighted by molar-refractivity contribution is 5.98. The number of hydrogen-bond donors (Lipinski definition) is 1. The Morgan fingerprint density at radius 2 is 1.83 bits per heavy atom. The summed E-state index contributed by atoms with van der Waals surface area (Å²) in [6.07, 6.45) is 0. The second-order valence-corrected chi connectivity index (χ2v) is 7.93. The summed E-state index contributed by atoms with van der Waals surface area (Å²) in [5.41, 5.74) is 3.68. The zero-order chi connectivity index (χ0) is 21.7. The zero-order valence-electron chi connectivity index (χ0n) is 18.3. The highest BCUT2D eigenvalue weighted by Gasteiger charge is 2.26. The van der Waals surface area contributed by atoms with Crippen LogP contribution in [0.3, 0.4) is 0 Å². The Bertz CT molecular complexity index is 904. The maximum atomic E-state index is 12.7. The fourth-order valence-corrected chi connectivity index (χ4v) is 3.81. The molecule has 1 amide bonds. The molecule has 2 aromatic rings. The molecule has 30 heavy (non-hydrogen) atoms. The molecule has 0 bridgehead atoms. The van der Waals surface area contributed by atoms with Gasteiger partial charge in [0.05, 0.1) is 13.2 Å². The first-order chi connectivity index (χ1) is 14.4. The Morgan fingerprint density at radius 3 is 2.50 bits per heavy atom. The van der Waals surface area contributed by atoms with E-state index in [1.54, 1.807) is 25.3 Å². The second-order valence-electron chi connectivity index (χ2n) is 7.93. The van der Waals surface area contributed by atoms with Crippen molar-refractivity contribution in [3.63, 3.8) is 0 Å². The molecule has 0 spiro atoms. The van der Waals surface area contributed by atoms with Gasteiger partial charge in [-0.05, 0) is 39.0 Å². The van der Waals surface area contributed by atoms with Gasteiger partial charge in [0, 0.05) is 49.5 Å². The molecule has 1 aliphatic rings. The molecule has 0 aliphatic carbocycles. The number of amides is 1. The minimum atomic E-state index is -0.235. The van der Waals surface area contributed by atoms with Gasteiger partial charge in [0.2, 0.25) is 5.91 Å². The van der Waals surface area contributed by atoms with Gasteiger partial charge in [-0.1, -0.05) is 29.8 Å². The van der Waals surface area contributed by atoms with E-state index < -0.39 is 0 Å². The molecule has 160 valence electrons. The third kappa shape index (κ3) is 5.46. The SMILES string of the molecule is COc1ccc(C)cc1CN1CCN([C@@H](C)C(=O)Nc2cccc(C(C)=O)c2)CC1. The molecule has 2 aromatic carbocycles. The average Bonchev–Trinajstić information content (AvgIpc) is 2.74. The quantitative estimate of drug-likeness (QED) is 0.711. The fourth-order valence-electron chi connectivity index (χ4n) is 3.81. The molecule has 0 radical (unpaired) electrons. The number of rotatable bonds is 7. The topological polar surface area (TPSA) is 61.9 Å². The van der Waals surface area contributed by atoms with Crippen LogP contribution in [0.4, 0.5) is 5.69 Å². The lowest BCUT2D eigenvalue weighted by atomic mass is 10.1. The number of hydrogen-bond acceptors (Lipinski definition) is 5. The number of methoxy groups -OCH3 is 1. The predicted molar refractivity (Wildman–Crippen MR) is 119 cm³/mol. The van der Waals surface area contributed by atoms with Gasteiger partial charge in [-0.15, -0.1) is 0 Å². The van der Waals surface area contributed by atoms with E-state index in [2.05, 4.69) is 34.2 Å². The minimum absolute atomic E-state index is 0.0134. The first kappa shape index (κ1) is 22.0. The van der Waals surface area contributed by atoms with Crippen LogP contribution in [0.2, 0.25) is 0 Å². The largest absolute Gasteiger partial charge is 0.496 e. The van der Waals surface area contributed by atoms with Crippen molar-refractivity contribution in [2.75, 3.05) is 38.6 Å². The fraction of sp³-hybridized carbons (Fsp3) is 0.417. The van der Waals surface area contributed by atoms with Gasteiger partial charge >= 0.3 is 0 Å².